The van der Waals surface area contributed by atoms with Gasteiger partial charge in [0.1, 0.15) is 0 Å². The Bertz CT molecular complexity index is 252. The van der Waals surface area contributed by atoms with Crippen molar-refractivity contribution in [1.29, 1.82) is 0 Å². The zero-order valence-corrected chi connectivity index (χ0v) is 11.6. The molecular weight excluding hydrogens is 282 g/mol. The molecule has 82 valence electrons. The van der Waals surface area contributed by atoms with Crippen molar-refractivity contribution in [3.8, 4) is 0 Å². The van der Waals surface area contributed by atoms with Crippen molar-refractivity contribution in [2.45, 2.75) is 38.6 Å². The van der Waals surface area contributed by atoms with Crippen molar-refractivity contribution in [3.05, 3.63) is 20.8 Å². The Balaban J connectivity index is 0.00000169. The number of hydrogen-bond acceptors (Lipinski definition) is 2. The lowest BCUT2D eigenvalue weighted by molar-refractivity contribution is 0.587. The number of thiophene rings is 1. The third-order valence-corrected chi connectivity index (χ3v) is 3.83. The Labute approximate surface area is 105 Å². The van der Waals surface area contributed by atoms with Crippen LogP contribution in [0.1, 0.15) is 43.5 Å². The molecule has 0 radical (unpaired) electrons. The zero-order chi connectivity index (χ0) is 9.68. The SMILES string of the molecule is CCCCC[C@@H](N)c1ccc(Br)s1.Cl. The second-order valence-corrected chi connectivity index (χ2v) is 5.74. The number of hydrogen-bond donors (Lipinski definition) is 1. The van der Waals surface area contributed by atoms with E-state index < -0.39 is 0 Å². The molecule has 0 aliphatic rings. The summed E-state index contributed by atoms with van der Waals surface area (Å²) >= 11 is 5.19. The van der Waals surface area contributed by atoms with Gasteiger partial charge in [-0.3, -0.25) is 0 Å². The van der Waals surface area contributed by atoms with Crippen LogP contribution in [0.4, 0.5) is 0 Å². The molecule has 0 aliphatic heterocycles. The molecule has 0 bridgehead atoms. The first kappa shape index (κ1) is 14.4. The van der Waals surface area contributed by atoms with Crippen LogP contribution in [0.15, 0.2) is 15.9 Å². The van der Waals surface area contributed by atoms with E-state index in [0.29, 0.717) is 0 Å². The van der Waals surface area contributed by atoms with Crippen LogP contribution in [0.25, 0.3) is 0 Å². The zero-order valence-electron chi connectivity index (χ0n) is 8.33. The third-order valence-electron chi connectivity index (χ3n) is 2.08. The fourth-order valence-corrected chi connectivity index (χ4v) is 2.74. The average Bonchev–Trinajstić information content (AvgIpc) is 2.52. The highest BCUT2D eigenvalue weighted by Crippen LogP contribution is 2.28. The second kappa shape index (κ2) is 7.69. The lowest BCUT2D eigenvalue weighted by atomic mass is 10.1. The molecule has 0 saturated heterocycles. The van der Waals surface area contributed by atoms with Crippen molar-refractivity contribution in [3.63, 3.8) is 0 Å². The summed E-state index contributed by atoms with van der Waals surface area (Å²) in [6, 6.07) is 4.42. The van der Waals surface area contributed by atoms with E-state index in [9.17, 15) is 0 Å². The molecule has 4 heteroatoms. The van der Waals surface area contributed by atoms with Gasteiger partial charge in [-0.1, -0.05) is 26.2 Å². The van der Waals surface area contributed by atoms with Crippen molar-refractivity contribution < 1.29 is 0 Å². The van der Waals surface area contributed by atoms with E-state index in [0.717, 1.165) is 6.42 Å². The van der Waals surface area contributed by atoms with E-state index in [1.54, 1.807) is 11.3 Å². The summed E-state index contributed by atoms with van der Waals surface area (Å²) in [6.45, 7) is 2.22. The Kier molecular flexibility index (Phi) is 7.92. The third kappa shape index (κ3) is 4.78. The minimum absolute atomic E-state index is 0. The van der Waals surface area contributed by atoms with Crippen LogP contribution in [0.2, 0.25) is 0 Å². The van der Waals surface area contributed by atoms with Crippen LogP contribution in [-0.4, -0.2) is 0 Å². The average molecular weight is 299 g/mol. The highest BCUT2D eigenvalue weighted by Gasteiger charge is 2.07. The van der Waals surface area contributed by atoms with Crippen molar-refractivity contribution in [1.82, 2.24) is 0 Å². The second-order valence-electron chi connectivity index (χ2n) is 3.24. The molecule has 14 heavy (non-hydrogen) atoms. The first-order chi connectivity index (χ1) is 6.24. The van der Waals surface area contributed by atoms with Gasteiger partial charge < -0.3 is 5.73 Å². The number of nitrogens with two attached hydrogens (primary N) is 1. The van der Waals surface area contributed by atoms with Gasteiger partial charge in [-0.15, -0.1) is 23.7 Å². The predicted octanol–water partition coefficient (Wildman–Crippen LogP) is 4.51. The minimum atomic E-state index is 0. The first-order valence-electron chi connectivity index (χ1n) is 4.75. The first-order valence-corrected chi connectivity index (χ1v) is 6.35. The number of halogens is 2. The van der Waals surface area contributed by atoms with Crippen LogP contribution < -0.4 is 5.73 Å². The predicted molar refractivity (Wildman–Crippen MR) is 70.3 cm³/mol. The minimum Gasteiger partial charge on any atom is -0.323 e. The summed E-state index contributed by atoms with van der Waals surface area (Å²) in [4.78, 5) is 1.29. The molecule has 0 saturated carbocycles. The summed E-state index contributed by atoms with van der Waals surface area (Å²) in [5.41, 5.74) is 6.04. The Morgan fingerprint density at radius 2 is 2.14 bits per heavy atom. The number of unbranched alkanes of at least 4 members (excludes halogenated alkanes) is 2. The molecular formula is C10H17BrClNS. The molecule has 0 aliphatic carbocycles. The highest BCUT2D eigenvalue weighted by molar-refractivity contribution is 9.11. The summed E-state index contributed by atoms with van der Waals surface area (Å²) in [6.07, 6.45) is 4.91. The topological polar surface area (TPSA) is 26.0 Å². The Hall–Kier alpha value is 0.430. The van der Waals surface area contributed by atoms with E-state index >= 15 is 0 Å². The van der Waals surface area contributed by atoms with Gasteiger partial charge in [0, 0.05) is 10.9 Å². The quantitative estimate of drug-likeness (QED) is 0.795. The van der Waals surface area contributed by atoms with Gasteiger partial charge in [-0.2, -0.15) is 0 Å². The maximum absolute atomic E-state index is 6.04. The Morgan fingerprint density at radius 3 is 2.64 bits per heavy atom. The fourth-order valence-electron chi connectivity index (χ4n) is 1.28. The largest absolute Gasteiger partial charge is 0.323 e. The molecule has 1 rings (SSSR count). The fraction of sp³-hybridized carbons (Fsp3) is 0.600. The number of rotatable bonds is 5. The van der Waals surface area contributed by atoms with Gasteiger partial charge in [0.15, 0.2) is 0 Å². The van der Waals surface area contributed by atoms with Crippen molar-refractivity contribution >= 4 is 39.7 Å². The van der Waals surface area contributed by atoms with E-state index in [1.807, 2.05) is 0 Å². The molecule has 0 amide bonds. The molecule has 0 aromatic carbocycles. The van der Waals surface area contributed by atoms with E-state index in [4.69, 9.17) is 5.73 Å². The normalized spacial score (nSPS) is 12.2. The van der Waals surface area contributed by atoms with Gasteiger partial charge in [0.05, 0.1) is 3.79 Å². The molecule has 1 heterocycles. The van der Waals surface area contributed by atoms with Crippen molar-refractivity contribution in [2.75, 3.05) is 0 Å². The Morgan fingerprint density at radius 1 is 1.43 bits per heavy atom. The van der Waals surface area contributed by atoms with Gasteiger partial charge >= 0.3 is 0 Å². The van der Waals surface area contributed by atoms with Gasteiger partial charge in [-0.25, -0.2) is 0 Å². The van der Waals surface area contributed by atoms with Crippen molar-refractivity contribution in [2.24, 2.45) is 5.73 Å². The van der Waals surface area contributed by atoms with Crippen LogP contribution >= 0.6 is 39.7 Å². The van der Waals surface area contributed by atoms with Gasteiger partial charge in [0.2, 0.25) is 0 Å². The molecule has 2 N–H and O–H groups in total. The highest BCUT2D eigenvalue weighted by atomic mass is 79.9. The van der Waals surface area contributed by atoms with Crippen LogP contribution in [-0.2, 0) is 0 Å². The summed E-state index contributed by atoms with van der Waals surface area (Å²) in [5, 5.41) is 0. The maximum atomic E-state index is 6.04. The summed E-state index contributed by atoms with van der Waals surface area (Å²) < 4.78 is 1.17. The maximum Gasteiger partial charge on any atom is 0.0701 e. The molecule has 0 fully saturated rings. The molecule has 1 nitrogen and oxygen atoms in total. The van der Waals surface area contributed by atoms with Crippen LogP contribution in [0.3, 0.4) is 0 Å². The van der Waals surface area contributed by atoms with Gasteiger partial charge in [0.25, 0.3) is 0 Å². The van der Waals surface area contributed by atoms with E-state index in [1.165, 1.54) is 27.9 Å². The molecule has 0 unspecified atom stereocenters. The van der Waals surface area contributed by atoms with Crippen LogP contribution in [0, 0.1) is 0 Å². The molecule has 0 spiro atoms. The lowest BCUT2D eigenvalue weighted by Crippen LogP contribution is -2.07. The van der Waals surface area contributed by atoms with Crippen LogP contribution in [0.5, 0.6) is 0 Å². The standard InChI is InChI=1S/C10H16BrNS.ClH/c1-2-3-4-5-8(12)9-6-7-10(11)13-9;/h6-8H,2-5,12H2,1H3;1H/t8-;/m1./s1. The van der Waals surface area contributed by atoms with E-state index in [2.05, 4.69) is 35.0 Å². The lowest BCUT2D eigenvalue weighted by Gasteiger charge is -2.07. The smallest absolute Gasteiger partial charge is 0.0701 e. The van der Waals surface area contributed by atoms with Gasteiger partial charge in [-0.05, 0) is 34.5 Å². The summed E-state index contributed by atoms with van der Waals surface area (Å²) in [5.74, 6) is 0. The summed E-state index contributed by atoms with van der Waals surface area (Å²) in [7, 11) is 0. The molecule has 1 aromatic rings. The van der Waals surface area contributed by atoms with E-state index in [-0.39, 0.29) is 18.4 Å². The molecule has 1 atom stereocenters. The monoisotopic (exact) mass is 297 g/mol. The molecule has 1 aromatic heterocycles.